The third-order valence-electron chi connectivity index (χ3n) is 2.99. The number of aryl methyl sites for hydroxylation is 2. The maximum Gasteiger partial charge on any atom is 0.238 e. The highest BCUT2D eigenvalue weighted by Gasteiger charge is 2.10. The van der Waals surface area contributed by atoms with Crippen molar-refractivity contribution in [2.75, 3.05) is 0 Å². The van der Waals surface area contributed by atoms with E-state index >= 15 is 0 Å². The second-order valence-corrected chi connectivity index (χ2v) is 5.25. The van der Waals surface area contributed by atoms with Gasteiger partial charge in [-0.2, -0.15) is 0 Å². The first-order valence-corrected chi connectivity index (χ1v) is 6.88. The predicted molar refractivity (Wildman–Crippen MR) is 79.5 cm³/mol. The summed E-state index contributed by atoms with van der Waals surface area (Å²) in [6, 6.07) is 5.87. The zero-order chi connectivity index (χ0) is 14.0. The van der Waals surface area contributed by atoms with Crippen molar-refractivity contribution in [1.29, 1.82) is 0 Å². The number of benzene rings is 1. The fraction of sp³-hybridized carbons (Fsp3) is 0.267. The van der Waals surface area contributed by atoms with Gasteiger partial charge in [-0.25, -0.2) is 4.98 Å². The molecule has 0 radical (unpaired) electrons. The molecule has 100 valence electrons. The quantitative estimate of drug-likeness (QED) is 0.727. The van der Waals surface area contributed by atoms with E-state index in [0.29, 0.717) is 16.8 Å². The van der Waals surface area contributed by atoms with Crippen molar-refractivity contribution in [3.8, 4) is 11.6 Å². The Kier molecular flexibility index (Phi) is 4.33. The summed E-state index contributed by atoms with van der Waals surface area (Å²) in [7, 11) is 0. The van der Waals surface area contributed by atoms with E-state index in [1.54, 1.807) is 12.3 Å². The Morgan fingerprint density at radius 1 is 1.16 bits per heavy atom. The van der Waals surface area contributed by atoms with Crippen LogP contribution in [-0.2, 0) is 5.88 Å². The van der Waals surface area contributed by atoms with Crippen LogP contribution in [-0.4, -0.2) is 4.98 Å². The largest absolute Gasteiger partial charge is 0.437 e. The Labute approximate surface area is 123 Å². The maximum atomic E-state index is 6.14. The first-order chi connectivity index (χ1) is 9.01. The van der Waals surface area contributed by atoms with Gasteiger partial charge in [0.2, 0.25) is 5.88 Å². The summed E-state index contributed by atoms with van der Waals surface area (Å²) in [6.45, 7) is 6.11. The second-order valence-electron chi connectivity index (χ2n) is 4.57. The van der Waals surface area contributed by atoms with Gasteiger partial charge in [-0.3, -0.25) is 0 Å². The lowest BCUT2D eigenvalue weighted by atomic mass is 10.1. The average Bonchev–Trinajstić information content (AvgIpc) is 2.37. The Morgan fingerprint density at radius 3 is 2.53 bits per heavy atom. The summed E-state index contributed by atoms with van der Waals surface area (Å²) >= 11 is 11.9. The molecule has 1 aromatic carbocycles. The topological polar surface area (TPSA) is 22.1 Å². The number of hydrogen-bond acceptors (Lipinski definition) is 2. The van der Waals surface area contributed by atoms with E-state index in [4.69, 9.17) is 27.9 Å². The molecule has 2 nitrogen and oxygen atoms in total. The van der Waals surface area contributed by atoms with Crippen LogP contribution >= 0.6 is 23.2 Å². The Morgan fingerprint density at radius 2 is 1.89 bits per heavy atom. The maximum absolute atomic E-state index is 6.14. The van der Waals surface area contributed by atoms with Crippen molar-refractivity contribution in [2.45, 2.75) is 26.7 Å². The lowest BCUT2D eigenvalue weighted by Crippen LogP contribution is -1.95. The minimum Gasteiger partial charge on any atom is -0.437 e. The van der Waals surface area contributed by atoms with Gasteiger partial charge in [0.05, 0.1) is 0 Å². The summed E-state index contributed by atoms with van der Waals surface area (Å²) in [5.74, 6) is 1.57. The van der Waals surface area contributed by atoms with Crippen molar-refractivity contribution in [3.63, 3.8) is 0 Å². The van der Waals surface area contributed by atoms with Crippen LogP contribution in [0.25, 0.3) is 0 Å². The van der Waals surface area contributed by atoms with Gasteiger partial charge in [0.25, 0.3) is 0 Å². The molecule has 1 aromatic heterocycles. The average molecular weight is 296 g/mol. The highest BCUT2D eigenvalue weighted by molar-refractivity contribution is 6.32. The van der Waals surface area contributed by atoms with Crippen molar-refractivity contribution in [2.24, 2.45) is 0 Å². The number of alkyl halides is 1. The minimum atomic E-state index is 0.385. The van der Waals surface area contributed by atoms with Gasteiger partial charge in [0, 0.05) is 12.1 Å². The molecule has 0 saturated heterocycles. The van der Waals surface area contributed by atoms with E-state index in [1.165, 1.54) is 5.56 Å². The number of aromatic nitrogens is 1. The molecule has 4 heteroatoms. The molecule has 1 heterocycles. The van der Waals surface area contributed by atoms with Crippen molar-refractivity contribution >= 4 is 23.2 Å². The lowest BCUT2D eigenvalue weighted by Gasteiger charge is -2.12. The molecule has 0 aliphatic heterocycles. The minimum absolute atomic E-state index is 0.385. The zero-order valence-corrected chi connectivity index (χ0v) is 12.6. The highest BCUT2D eigenvalue weighted by atomic mass is 35.5. The Hall–Kier alpha value is -1.25. The molecule has 0 amide bonds. The van der Waals surface area contributed by atoms with E-state index in [9.17, 15) is 0 Å². The molecular weight excluding hydrogens is 281 g/mol. The molecule has 2 aromatic rings. The highest BCUT2D eigenvalue weighted by Crippen LogP contribution is 2.31. The molecule has 0 aliphatic rings. The number of ether oxygens (including phenoxy) is 1. The van der Waals surface area contributed by atoms with Crippen LogP contribution in [0.15, 0.2) is 24.4 Å². The van der Waals surface area contributed by atoms with E-state index < -0.39 is 0 Å². The van der Waals surface area contributed by atoms with E-state index in [0.717, 1.165) is 22.4 Å². The molecule has 0 atom stereocenters. The zero-order valence-electron chi connectivity index (χ0n) is 11.1. The third-order valence-corrected chi connectivity index (χ3v) is 3.57. The van der Waals surface area contributed by atoms with Crippen LogP contribution in [0.5, 0.6) is 11.6 Å². The molecule has 0 saturated carbocycles. The summed E-state index contributed by atoms with van der Waals surface area (Å²) < 4.78 is 5.81. The van der Waals surface area contributed by atoms with Gasteiger partial charge >= 0.3 is 0 Å². The molecule has 0 bridgehead atoms. The van der Waals surface area contributed by atoms with Crippen molar-refractivity contribution in [1.82, 2.24) is 4.98 Å². The van der Waals surface area contributed by atoms with Gasteiger partial charge in [-0.1, -0.05) is 17.7 Å². The standard InChI is InChI=1S/C15H15Cl2NO/c1-9-4-10(2)11(3)14(5-9)19-15-13(17)6-12(7-16)8-18-15/h4-6,8H,7H2,1-3H3. The van der Waals surface area contributed by atoms with E-state index in [2.05, 4.69) is 18.0 Å². The van der Waals surface area contributed by atoms with Crippen LogP contribution in [0, 0.1) is 20.8 Å². The first-order valence-electron chi connectivity index (χ1n) is 5.97. The number of hydrogen-bond donors (Lipinski definition) is 0. The Bertz CT molecular complexity index is 611. The second kappa shape index (κ2) is 5.81. The summed E-state index contributed by atoms with van der Waals surface area (Å²) in [4.78, 5) is 4.21. The summed E-state index contributed by atoms with van der Waals surface area (Å²) in [5.41, 5.74) is 4.29. The third kappa shape index (κ3) is 3.20. The molecule has 0 spiro atoms. The molecule has 0 unspecified atom stereocenters. The fourth-order valence-corrected chi connectivity index (χ4v) is 2.20. The Balaban J connectivity index is 2.36. The first kappa shape index (κ1) is 14.2. The number of pyridine rings is 1. The number of halogens is 2. The molecule has 0 aliphatic carbocycles. The van der Waals surface area contributed by atoms with Crippen LogP contribution in [0.1, 0.15) is 22.3 Å². The number of rotatable bonds is 3. The van der Waals surface area contributed by atoms with Crippen molar-refractivity contribution in [3.05, 3.63) is 51.7 Å². The van der Waals surface area contributed by atoms with Gasteiger partial charge in [0.15, 0.2) is 0 Å². The SMILES string of the molecule is Cc1cc(C)c(C)c(Oc2ncc(CCl)cc2Cl)c1. The van der Waals surface area contributed by atoms with Gasteiger partial charge in [-0.05, 0) is 55.2 Å². The van der Waals surface area contributed by atoms with Crippen LogP contribution in [0.4, 0.5) is 0 Å². The molecular formula is C15H15Cl2NO. The molecule has 0 N–H and O–H groups in total. The van der Waals surface area contributed by atoms with Gasteiger partial charge in [0.1, 0.15) is 10.8 Å². The predicted octanol–water partition coefficient (Wildman–Crippen LogP) is 5.19. The number of nitrogens with zero attached hydrogens (tertiary/aromatic N) is 1. The van der Waals surface area contributed by atoms with Crippen LogP contribution in [0.3, 0.4) is 0 Å². The summed E-state index contributed by atoms with van der Waals surface area (Å²) in [6.07, 6.45) is 1.67. The smallest absolute Gasteiger partial charge is 0.238 e. The van der Waals surface area contributed by atoms with E-state index in [1.807, 2.05) is 19.9 Å². The molecule has 19 heavy (non-hydrogen) atoms. The normalized spacial score (nSPS) is 10.6. The molecule has 2 rings (SSSR count). The van der Waals surface area contributed by atoms with Crippen LogP contribution in [0.2, 0.25) is 5.02 Å². The van der Waals surface area contributed by atoms with Crippen LogP contribution < -0.4 is 4.74 Å². The van der Waals surface area contributed by atoms with Gasteiger partial charge in [-0.15, -0.1) is 11.6 Å². The van der Waals surface area contributed by atoms with Crippen molar-refractivity contribution < 1.29 is 4.74 Å². The fourth-order valence-electron chi connectivity index (χ4n) is 1.82. The van der Waals surface area contributed by atoms with E-state index in [-0.39, 0.29) is 0 Å². The molecule has 0 fully saturated rings. The monoisotopic (exact) mass is 295 g/mol. The lowest BCUT2D eigenvalue weighted by molar-refractivity contribution is 0.458. The van der Waals surface area contributed by atoms with Gasteiger partial charge < -0.3 is 4.74 Å². The summed E-state index contributed by atoms with van der Waals surface area (Å²) in [5, 5.41) is 0.469.